The number of aliphatic hydroxyl groups is 3. The van der Waals surface area contributed by atoms with E-state index in [2.05, 4.69) is 6.08 Å². The van der Waals surface area contributed by atoms with E-state index in [-0.39, 0.29) is 36.1 Å². The fourth-order valence-corrected chi connectivity index (χ4v) is 6.35. The van der Waals surface area contributed by atoms with Gasteiger partial charge in [-0.1, -0.05) is 23.7 Å². The molecule has 3 atom stereocenters. The van der Waals surface area contributed by atoms with E-state index in [0.717, 1.165) is 31.3 Å². The first-order valence-corrected chi connectivity index (χ1v) is 12.3. The van der Waals surface area contributed by atoms with Crippen molar-refractivity contribution < 1.29 is 34.8 Å². The lowest BCUT2D eigenvalue weighted by Crippen LogP contribution is -2.58. The molecule has 0 spiro atoms. The van der Waals surface area contributed by atoms with Crippen LogP contribution >= 0.6 is 11.6 Å². The molecule has 0 aromatic heterocycles. The number of aromatic hydroxyl groups is 1. The van der Waals surface area contributed by atoms with Gasteiger partial charge in [-0.2, -0.15) is 0 Å². The van der Waals surface area contributed by atoms with Crippen LogP contribution in [0.4, 0.5) is 0 Å². The maximum absolute atomic E-state index is 13.6. The summed E-state index contributed by atoms with van der Waals surface area (Å²) in [6, 6.07) is 3.09. The van der Waals surface area contributed by atoms with Crippen molar-refractivity contribution in [2.24, 2.45) is 17.6 Å². The maximum Gasteiger partial charge on any atom is 0.255 e. The van der Waals surface area contributed by atoms with Gasteiger partial charge in [0.1, 0.15) is 22.8 Å². The highest BCUT2D eigenvalue weighted by Gasteiger charge is 2.60. The number of phenols is 1. The number of nitrogens with two attached hydrogens (primary N) is 1. The number of amides is 1. The number of Topliss-reactive ketones (excluding diaryl/α,β-unsaturated/α-hetero) is 2. The zero-order valence-corrected chi connectivity index (χ0v) is 20.1. The minimum Gasteiger partial charge on any atom is -0.508 e. The van der Waals surface area contributed by atoms with E-state index in [1.807, 2.05) is 0 Å². The predicted molar refractivity (Wildman–Crippen MR) is 132 cm³/mol. The monoisotopic (exact) mass is 511 g/mol. The lowest BCUT2D eigenvalue weighted by Gasteiger charge is -2.46. The number of fused-ring (bicyclic) bond motifs is 3. The summed E-state index contributed by atoms with van der Waals surface area (Å²) in [6.45, 7) is 0. The molecule has 36 heavy (non-hydrogen) atoms. The minimum atomic E-state index is -2.57. The molecule has 4 aliphatic carbocycles. The van der Waals surface area contributed by atoms with E-state index in [4.69, 9.17) is 17.3 Å². The van der Waals surface area contributed by atoms with Crippen molar-refractivity contribution in [1.82, 2.24) is 0 Å². The summed E-state index contributed by atoms with van der Waals surface area (Å²) in [5, 5.41) is 44.3. The quantitative estimate of drug-likeness (QED) is 0.388. The van der Waals surface area contributed by atoms with E-state index in [1.165, 1.54) is 6.07 Å². The molecule has 1 aromatic rings. The lowest BCUT2D eigenvalue weighted by atomic mass is 9.59. The number of halogens is 1. The van der Waals surface area contributed by atoms with E-state index in [9.17, 15) is 34.8 Å². The molecule has 1 saturated carbocycles. The van der Waals surface area contributed by atoms with Crippen LogP contribution in [0.1, 0.15) is 55.2 Å². The SMILES string of the molecule is NC(=O)C1=C(O)[C@@]2(O)C(=O)C3=C(O)c4c(O)ccc(/C=C(\Cl)C5=CCCCC5)c4C[C@H]3C[C@H]2CC1=O. The van der Waals surface area contributed by atoms with E-state index in [0.29, 0.717) is 16.2 Å². The van der Waals surface area contributed by atoms with Gasteiger partial charge in [-0.05, 0) is 73.3 Å². The molecule has 1 fully saturated rings. The summed E-state index contributed by atoms with van der Waals surface area (Å²) in [6.07, 6.45) is 7.82. The predicted octanol–water partition coefficient (Wildman–Crippen LogP) is 3.50. The Balaban J connectivity index is 1.64. The van der Waals surface area contributed by atoms with E-state index < -0.39 is 52.0 Å². The first kappa shape index (κ1) is 24.3. The van der Waals surface area contributed by atoms with Crippen molar-refractivity contribution in [3.63, 3.8) is 0 Å². The van der Waals surface area contributed by atoms with Gasteiger partial charge >= 0.3 is 0 Å². The first-order valence-electron chi connectivity index (χ1n) is 11.9. The highest BCUT2D eigenvalue weighted by Crippen LogP contribution is 2.52. The standard InChI is InChI=1S/C27H26ClNO7/c28-17(12-4-2-1-3-5-12)10-13-6-7-18(30)21-16(13)9-14-8-15-11-19(31)22(26(29)35)25(34)27(15,36)24(33)20(14)23(21)32/h4,6-7,10,14-15,30,32,34,36H,1-3,5,8-9,11H2,(H2,29,35)/b17-10-/t14-,15+,27+/m1/s1. The number of ketones is 2. The Hall–Kier alpha value is -3.36. The zero-order valence-electron chi connectivity index (χ0n) is 19.4. The molecule has 0 unspecified atom stereocenters. The van der Waals surface area contributed by atoms with Crippen LogP contribution in [0.15, 0.2) is 45.7 Å². The molecule has 1 amide bonds. The summed E-state index contributed by atoms with van der Waals surface area (Å²) >= 11 is 6.61. The van der Waals surface area contributed by atoms with Crippen LogP contribution in [0.5, 0.6) is 5.75 Å². The molecule has 1 aromatic carbocycles. The van der Waals surface area contributed by atoms with Crippen LogP contribution in [-0.2, 0) is 20.8 Å². The van der Waals surface area contributed by atoms with Gasteiger partial charge in [0.25, 0.3) is 5.91 Å². The molecule has 0 saturated heterocycles. The molecule has 6 N–H and O–H groups in total. The van der Waals surface area contributed by atoms with Crippen LogP contribution < -0.4 is 5.73 Å². The molecule has 8 nitrogen and oxygen atoms in total. The van der Waals surface area contributed by atoms with Gasteiger partial charge in [0.15, 0.2) is 11.4 Å². The fourth-order valence-electron chi connectivity index (χ4n) is 6.07. The molecule has 0 radical (unpaired) electrons. The summed E-state index contributed by atoms with van der Waals surface area (Å²) in [7, 11) is 0. The molecular weight excluding hydrogens is 486 g/mol. The second kappa shape index (κ2) is 8.64. The van der Waals surface area contributed by atoms with Gasteiger partial charge in [-0.15, -0.1) is 0 Å². The van der Waals surface area contributed by atoms with Crippen LogP contribution in [-0.4, -0.2) is 43.5 Å². The van der Waals surface area contributed by atoms with Crippen molar-refractivity contribution in [3.05, 3.63) is 62.4 Å². The van der Waals surface area contributed by atoms with E-state index >= 15 is 0 Å². The summed E-state index contributed by atoms with van der Waals surface area (Å²) in [5.41, 5.74) is 4.03. The smallest absolute Gasteiger partial charge is 0.255 e. The van der Waals surface area contributed by atoms with Gasteiger partial charge in [0.05, 0.1) is 5.56 Å². The van der Waals surface area contributed by atoms with Crippen molar-refractivity contribution >= 4 is 40.9 Å². The Labute approximate surface area is 212 Å². The van der Waals surface area contributed by atoms with E-state index in [1.54, 1.807) is 12.1 Å². The minimum absolute atomic E-state index is 0.0537. The highest BCUT2D eigenvalue weighted by atomic mass is 35.5. The highest BCUT2D eigenvalue weighted by molar-refractivity contribution is 6.34. The third-order valence-corrected chi connectivity index (χ3v) is 8.22. The molecule has 5 rings (SSSR count). The Morgan fingerprint density at radius 2 is 1.89 bits per heavy atom. The van der Waals surface area contributed by atoms with Gasteiger partial charge in [0.2, 0.25) is 5.78 Å². The number of hydrogen-bond acceptors (Lipinski definition) is 7. The normalized spacial score (nSPS) is 28.4. The first-order chi connectivity index (χ1) is 17.1. The number of allylic oxidation sites excluding steroid dienone is 3. The number of hydrogen-bond donors (Lipinski definition) is 5. The van der Waals surface area contributed by atoms with Crippen LogP contribution in [0.25, 0.3) is 11.8 Å². The van der Waals surface area contributed by atoms with Gasteiger partial charge in [-0.3, -0.25) is 14.4 Å². The van der Waals surface area contributed by atoms with Crippen molar-refractivity contribution in [1.29, 1.82) is 0 Å². The van der Waals surface area contributed by atoms with Crippen LogP contribution in [0, 0.1) is 11.8 Å². The Morgan fingerprint density at radius 3 is 2.56 bits per heavy atom. The average Bonchev–Trinajstić information content (AvgIpc) is 2.83. The van der Waals surface area contributed by atoms with Crippen LogP contribution in [0.2, 0.25) is 0 Å². The second-order valence-electron chi connectivity index (χ2n) is 9.90. The molecular formula is C27H26ClNO7. The molecule has 0 heterocycles. The molecule has 0 aliphatic heterocycles. The average molecular weight is 512 g/mol. The summed E-state index contributed by atoms with van der Waals surface area (Å²) in [5.74, 6) is -6.44. The fraction of sp³-hybridized carbons (Fsp3) is 0.370. The van der Waals surface area contributed by atoms with Crippen LogP contribution in [0.3, 0.4) is 0 Å². The number of rotatable bonds is 3. The van der Waals surface area contributed by atoms with Gasteiger partial charge in [-0.25, -0.2) is 0 Å². The maximum atomic E-state index is 13.6. The van der Waals surface area contributed by atoms with Crippen molar-refractivity contribution in [2.75, 3.05) is 0 Å². The number of aliphatic hydroxyl groups excluding tert-OH is 2. The summed E-state index contributed by atoms with van der Waals surface area (Å²) in [4.78, 5) is 37.8. The van der Waals surface area contributed by atoms with Gasteiger partial charge < -0.3 is 26.2 Å². The third kappa shape index (κ3) is 3.50. The zero-order chi connectivity index (χ0) is 25.9. The van der Waals surface area contributed by atoms with Crippen molar-refractivity contribution in [3.8, 4) is 5.75 Å². The summed E-state index contributed by atoms with van der Waals surface area (Å²) < 4.78 is 0. The number of carbonyl (C=O) groups is 3. The topological polar surface area (TPSA) is 158 Å². The molecule has 9 heteroatoms. The number of primary amides is 1. The number of carbonyl (C=O) groups excluding carboxylic acids is 3. The third-order valence-electron chi connectivity index (χ3n) is 7.86. The largest absolute Gasteiger partial charge is 0.508 e. The number of phenolic OH excluding ortho intramolecular Hbond substituents is 1. The van der Waals surface area contributed by atoms with Gasteiger partial charge in [0, 0.05) is 22.9 Å². The number of benzene rings is 1. The Bertz CT molecular complexity index is 1350. The molecule has 0 bridgehead atoms. The molecule has 188 valence electrons. The Kier molecular flexibility index (Phi) is 5.84. The molecule has 4 aliphatic rings. The second-order valence-corrected chi connectivity index (χ2v) is 10.3. The van der Waals surface area contributed by atoms with Crippen molar-refractivity contribution in [2.45, 2.75) is 50.5 Å². The Morgan fingerprint density at radius 1 is 1.14 bits per heavy atom. The lowest BCUT2D eigenvalue weighted by molar-refractivity contribution is -0.147.